The van der Waals surface area contributed by atoms with E-state index in [0.29, 0.717) is 28.5 Å². The van der Waals surface area contributed by atoms with Gasteiger partial charge in [0.1, 0.15) is 6.04 Å². The Morgan fingerprint density at radius 2 is 1.28 bits per heavy atom. The number of benzene rings is 2. The molecule has 1 fully saturated rings. The molecule has 1 heterocycles. The number of Topliss-reactive ketones (excluding diaryl/α,β-unsaturated/α-hetero) is 1. The molecule has 4 rings (SSSR count). The molecule has 3 atom stereocenters. The first kappa shape index (κ1) is 22.2. The Morgan fingerprint density at radius 1 is 0.844 bits per heavy atom. The Labute approximate surface area is 195 Å². The Morgan fingerprint density at radius 3 is 1.75 bits per heavy atom. The van der Waals surface area contributed by atoms with Crippen molar-refractivity contribution in [3.05, 3.63) is 81.9 Å². The molecule has 32 heavy (non-hydrogen) atoms. The standard InChI is InChI=1S/C24H20Cl2N2O4/c1-14(21(29)15-6-10-17(25)11-7-15)27(22(30)16-8-12-18(26)13-9-16)28-23(31)19-4-2-3-5-20(19)24(28)32/h2-3,6-14,19-20H,4-5H2,1H3/t14-,19-,20+/m1/s1. The summed E-state index contributed by atoms with van der Waals surface area (Å²) in [6.07, 6.45) is 4.58. The molecular formula is C24H20Cl2N2O4. The number of allylic oxidation sites excluding steroid dienone is 2. The van der Waals surface area contributed by atoms with E-state index in [0.717, 1.165) is 10.0 Å². The van der Waals surface area contributed by atoms with Crippen molar-refractivity contribution in [3.8, 4) is 0 Å². The molecule has 0 radical (unpaired) electrons. The Kier molecular flexibility index (Phi) is 6.17. The van der Waals surface area contributed by atoms with Gasteiger partial charge in [0.2, 0.25) is 0 Å². The maximum Gasteiger partial charge on any atom is 0.273 e. The van der Waals surface area contributed by atoms with Crippen molar-refractivity contribution in [2.45, 2.75) is 25.8 Å². The van der Waals surface area contributed by atoms with Gasteiger partial charge in [-0.05, 0) is 68.3 Å². The summed E-state index contributed by atoms with van der Waals surface area (Å²) < 4.78 is 0. The van der Waals surface area contributed by atoms with Crippen LogP contribution in [0.15, 0.2) is 60.7 Å². The van der Waals surface area contributed by atoms with E-state index in [2.05, 4.69) is 0 Å². The molecule has 2 aromatic rings. The number of halogens is 2. The number of nitrogens with zero attached hydrogens (tertiary/aromatic N) is 2. The molecule has 0 bridgehead atoms. The fourth-order valence-electron chi connectivity index (χ4n) is 4.13. The second kappa shape index (κ2) is 8.88. The zero-order valence-corrected chi connectivity index (χ0v) is 18.7. The van der Waals surface area contributed by atoms with Crippen LogP contribution in [0.1, 0.15) is 40.5 Å². The Balaban J connectivity index is 1.74. The van der Waals surface area contributed by atoms with E-state index in [1.54, 1.807) is 24.3 Å². The summed E-state index contributed by atoms with van der Waals surface area (Å²) in [7, 11) is 0. The molecule has 8 heteroatoms. The van der Waals surface area contributed by atoms with Crippen LogP contribution in [0.4, 0.5) is 0 Å². The van der Waals surface area contributed by atoms with Gasteiger partial charge in [-0.1, -0.05) is 35.4 Å². The fraction of sp³-hybridized carbons (Fsp3) is 0.250. The summed E-state index contributed by atoms with van der Waals surface area (Å²) in [5.41, 5.74) is 0.521. The average Bonchev–Trinajstić information content (AvgIpc) is 3.05. The Bertz CT molecular complexity index is 1090. The number of hydrogen-bond acceptors (Lipinski definition) is 4. The highest BCUT2D eigenvalue weighted by Crippen LogP contribution is 2.37. The smallest absolute Gasteiger partial charge is 0.273 e. The van der Waals surface area contributed by atoms with Gasteiger partial charge in [-0.2, -0.15) is 5.01 Å². The lowest BCUT2D eigenvalue weighted by Gasteiger charge is -2.34. The molecule has 0 N–H and O–H groups in total. The molecular weight excluding hydrogens is 451 g/mol. The predicted molar refractivity (Wildman–Crippen MR) is 120 cm³/mol. The van der Waals surface area contributed by atoms with Crippen LogP contribution in [0, 0.1) is 11.8 Å². The second-order valence-electron chi connectivity index (χ2n) is 7.85. The minimum Gasteiger partial charge on any atom is -0.292 e. The number of hydrazine groups is 1. The third-order valence-electron chi connectivity index (χ3n) is 5.87. The maximum absolute atomic E-state index is 13.5. The molecule has 0 unspecified atom stereocenters. The minimum atomic E-state index is -1.11. The van der Waals surface area contributed by atoms with E-state index in [4.69, 9.17) is 23.2 Å². The molecule has 2 aromatic carbocycles. The van der Waals surface area contributed by atoms with Crippen molar-refractivity contribution >= 4 is 46.7 Å². The van der Waals surface area contributed by atoms with E-state index in [1.165, 1.54) is 31.2 Å². The number of carbonyl (C=O) groups excluding carboxylic acids is 4. The van der Waals surface area contributed by atoms with Crippen LogP contribution in [0.2, 0.25) is 10.0 Å². The normalized spacial score (nSPS) is 20.8. The van der Waals surface area contributed by atoms with E-state index in [9.17, 15) is 19.2 Å². The van der Waals surface area contributed by atoms with Crippen LogP contribution >= 0.6 is 23.2 Å². The summed E-state index contributed by atoms with van der Waals surface area (Å²) in [5.74, 6) is -3.07. The van der Waals surface area contributed by atoms with E-state index in [1.807, 2.05) is 12.2 Å². The topological polar surface area (TPSA) is 74.8 Å². The number of hydrogen-bond donors (Lipinski definition) is 0. The number of amides is 3. The monoisotopic (exact) mass is 470 g/mol. The van der Waals surface area contributed by atoms with Crippen molar-refractivity contribution in [2.75, 3.05) is 0 Å². The fourth-order valence-corrected chi connectivity index (χ4v) is 4.38. The molecule has 6 nitrogen and oxygen atoms in total. The molecule has 0 saturated carbocycles. The summed E-state index contributed by atoms with van der Waals surface area (Å²) in [6, 6.07) is 11.2. The summed E-state index contributed by atoms with van der Waals surface area (Å²) in [4.78, 5) is 53.2. The van der Waals surface area contributed by atoms with Gasteiger partial charge in [-0.3, -0.25) is 19.2 Å². The van der Waals surface area contributed by atoms with Gasteiger partial charge >= 0.3 is 0 Å². The third-order valence-corrected chi connectivity index (χ3v) is 6.38. The van der Waals surface area contributed by atoms with Crippen LogP contribution in [-0.2, 0) is 9.59 Å². The third kappa shape index (κ3) is 3.96. The van der Waals surface area contributed by atoms with E-state index < -0.39 is 41.4 Å². The van der Waals surface area contributed by atoms with Crippen LogP contribution in [-0.4, -0.2) is 39.6 Å². The lowest BCUT2D eigenvalue weighted by molar-refractivity contribution is -0.156. The second-order valence-corrected chi connectivity index (χ2v) is 8.72. The van der Waals surface area contributed by atoms with Gasteiger partial charge in [0.15, 0.2) is 5.78 Å². The molecule has 0 spiro atoms. The number of rotatable bonds is 5. The van der Waals surface area contributed by atoms with Gasteiger partial charge in [0.05, 0.1) is 11.8 Å². The molecule has 3 amide bonds. The molecule has 164 valence electrons. The Hall–Kier alpha value is -2.96. The van der Waals surface area contributed by atoms with Crippen molar-refractivity contribution in [3.63, 3.8) is 0 Å². The number of fused-ring (bicyclic) bond motifs is 1. The average molecular weight is 471 g/mol. The van der Waals surface area contributed by atoms with Gasteiger partial charge in [-0.25, -0.2) is 5.01 Å². The van der Waals surface area contributed by atoms with Crippen LogP contribution in [0.5, 0.6) is 0 Å². The maximum atomic E-state index is 13.5. The molecule has 1 aliphatic carbocycles. The lowest BCUT2D eigenvalue weighted by Crippen LogP contribution is -2.56. The van der Waals surface area contributed by atoms with Crippen molar-refractivity contribution in [1.82, 2.24) is 10.0 Å². The first-order chi connectivity index (χ1) is 15.3. The van der Waals surface area contributed by atoms with Gasteiger partial charge in [0, 0.05) is 21.2 Å². The SMILES string of the molecule is C[C@H](C(=O)c1ccc(Cl)cc1)N(C(=O)c1ccc(Cl)cc1)N1C(=O)[C@H]2CC=CC[C@H]2C1=O. The van der Waals surface area contributed by atoms with Crippen molar-refractivity contribution in [2.24, 2.45) is 11.8 Å². The van der Waals surface area contributed by atoms with Crippen LogP contribution < -0.4 is 0 Å². The highest BCUT2D eigenvalue weighted by molar-refractivity contribution is 6.31. The molecule has 1 saturated heterocycles. The summed E-state index contributed by atoms with van der Waals surface area (Å²) >= 11 is 11.9. The molecule has 2 aliphatic rings. The minimum absolute atomic E-state index is 0.207. The van der Waals surface area contributed by atoms with Crippen LogP contribution in [0.25, 0.3) is 0 Å². The van der Waals surface area contributed by atoms with E-state index in [-0.39, 0.29) is 5.56 Å². The first-order valence-corrected chi connectivity index (χ1v) is 11.0. The van der Waals surface area contributed by atoms with Gasteiger partial charge < -0.3 is 0 Å². The quantitative estimate of drug-likeness (QED) is 0.364. The highest BCUT2D eigenvalue weighted by atomic mass is 35.5. The molecule has 1 aliphatic heterocycles. The van der Waals surface area contributed by atoms with Crippen LogP contribution in [0.3, 0.4) is 0 Å². The van der Waals surface area contributed by atoms with Gasteiger partial charge in [0.25, 0.3) is 17.7 Å². The number of carbonyl (C=O) groups is 4. The van der Waals surface area contributed by atoms with Crippen molar-refractivity contribution in [1.29, 1.82) is 0 Å². The largest absolute Gasteiger partial charge is 0.292 e. The predicted octanol–water partition coefficient (Wildman–Crippen LogP) is 4.57. The summed E-state index contributed by atoms with van der Waals surface area (Å²) in [6.45, 7) is 1.51. The molecule has 0 aromatic heterocycles. The van der Waals surface area contributed by atoms with Gasteiger partial charge in [-0.15, -0.1) is 0 Å². The van der Waals surface area contributed by atoms with Crippen molar-refractivity contribution < 1.29 is 19.2 Å². The zero-order chi connectivity index (χ0) is 23.0. The lowest BCUT2D eigenvalue weighted by atomic mass is 9.85. The number of ketones is 1. The highest BCUT2D eigenvalue weighted by Gasteiger charge is 2.52. The first-order valence-electron chi connectivity index (χ1n) is 10.2. The zero-order valence-electron chi connectivity index (χ0n) is 17.2. The summed E-state index contributed by atoms with van der Waals surface area (Å²) in [5, 5.41) is 2.76. The van der Waals surface area contributed by atoms with E-state index >= 15 is 0 Å². The number of imide groups is 1.